The van der Waals surface area contributed by atoms with Crippen molar-refractivity contribution in [2.45, 2.75) is 0 Å². The van der Waals surface area contributed by atoms with Crippen molar-refractivity contribution in [2.24, 2.45) is 0 Å². The normalized spacial score (nSPS) is 6.40. The fraction of sp³-hybridized carbons (Fsp3) is 0. The average molecular weight is 192 g/mol. The molecule has 0 aromatic rings. The predicted octanol–water partition coefficient (Wildman–Crippen LogP) is -8.95. The van der Waals surface area contributed by atoms with Gasteiger partial charge in [0.05, 0.1) is 11.9 Å². The van der Waals surface area contributed by atoms with Crippen molar-refractivity contribution in [3.05, 3.63) is 12.2 Å². The molecule has 10 heavy (non-hydrogen) atoms. The Balaban J connectivity index is -0.000000245. The van der Waals surface area contributed by atoms with E-state index in [0.717, 1.165) is 0 Å². The molecule has 0 fully saturated rings. The van der Waals surface area contributed by atoms with E-state index in [2.05, 4.69) is 6.58 Å². The fourth-order valence-electron chi connectivity index (χ4n) is 0.0833. The quantitative estimate of drug-likeness (QED) is 0.188. The molecule has 0 aliphatic heterocycles. The van der Waals surface area contributed by atoms with Gasteiger partial charge in [-0.25, -0.2) is 0 Å². The summed E-state index contributed by atoms with van der Waals surface area (Å²) in [4.78, 5) is 19.0. The molecule has 4 nitrogen and oxygen atoms in total. The summed E-state index contributed by atoms with van der Waals surface area (Å²) in [6.07, 6.45) is 0. The SMILES string of the molecule is C=C(C(=O)[O-])C(=O)[O-].[K+].[K+]. The van der Waals surface area contributed by atoms with Crippen LogP contribution in [0.5, 0.6) is 0 Å². The summed E-state index contributed by atoms with van der Waals surface area (Å²) in [5.74, 6) is -3.63. The largest absolute Gasteiger partial charge is 1.00 e. The van der Waals surface area contributed by atoms with Crippen molar-refractivity contribution in [2.75, 3.05) is 0 Å². The van der Waals surface area contributed by atoms with Gasteiger partial charge >= 0.3 is 103 Å². The van der Waals surface area contributed by atoms with Gasteiger partial charge < -0.3 is 19.8 Å². The van der Waals surface area contributed by atoms with E-state index < -0.39 is 17.5 Å². The van der Waals surface area contributed by atoms with Crippen LogP contribution in [-0.4, -0.2) is 11.9 Å². The van der Waals surface area contributed by atoms with Crippen LogP contribution in [0.3, 0.4) is 0 Å². The molecule has 0 unspecified atom stereocenters. The van der Waals surface area contributed by atoms with Gasteiger partial charge in [-0.3, -0.25) is 0 Å². The third-order valence-electron chi connectivity index (χ3n) is 0.493. The van der Waals surface area contributed by atoms with Crippen LogP contribution in [0.1, 0.15) is 0 Å². The Morgan fingerprint density at radius 3 is 1.20 bits per heavy atom. The number of hydrogen-bond donors (Lipinski definition) is 0. The average Bonchev–Trinajstić information content (AvgIpc) is 1.64. The molecule has 6 heteroatoms. The molecule has 0 saturated carbocycles. The van der Waals surface area contributed by atoms with E-state index in [1.807, 2.05) is 0 Å². The second-order valence-electron chi connectivity index (χ2n) is 1.05. The first-order chi connectivity index (χ1) is 3.55. The monoisotopic (exact) mass is 192 g/mol. The number of carbonyl (C=O) groups is 2. The Hall–Kier alpha value is 1.95. The van der Waals surface area contributed by atoms with Crippen LogP contribution in [0.15, 0.2) is 12.2 Å². The maximum Gasteiger partial charge on any atom is 1.00 e. The number of aliphatic carboxylic acids is 2. The smallest absolute Gasteiger partial charge is 0.545 e. The second kappa shape index (κ2) is 9.04. The first-order valence-corrected chi connectivity index (χ1v) is 1.67. The van der Waals surface area contributed by atoms with Gasteiger partial charge in [-0.15, -0.1) is 0 Å². The molecule has 44 valence electrons. The Bertz CT molecular complexity index is 137. The molecule has 0 amide bonds. The molecule has 0 N–H and O–H groups in total. The van der Waals surface area contributed by atoms with Crippen molar-refractivity contribution < 1.29 is 123 Å². The van der Waals surface area contributed by atoms with Gasteiger partial charge in [0.25, 0.3) is 0 Å². The fourth-order valence-corrected chi connectivity index (χ4v) is 0.0833. The molecule has 0 bridgehead atoms. The summed E-state index contributed by atoms with van der Waals surface area (Å²) < 4.78 is 0. The van der Waals surface area contributed by atoms with Crippen LogP contribution in [0.2, 0.25) is 0 Å². The van der Waals surface area contributed by atoms with Crippen LogP contribution in [0.4, 0.5) is 0 Å². The van der Waals surface area contributed by atoms with Crippen molar-refractivity contribution in [1.29, 1.82) is 0 Å². The minimum atomic E-state index is -1.81. The summed E-state index contributed by atoms with van der Waals surface area (Å²) in [7, 11) is 0. The van der Waals surface area contributed by atoms with E-state index in [1.165, 1.54) is 0 Å². The van der Waals surface area contributed by atoms with Crippen LogP contribution in [0.25, 0.3) is 0 Å². The third-order valence-corrected chi connectivity index (χ3v) is 0.493. The number of carboxylic acid groups (broad SMARTS) is 2. The minimum Gasteiger partial charge on any atom is -0.545 e. The zero-order chi connectivity index (χ0) is 6.73. The zero-order valence-electron chi connectivity index (χ0n) is 5.84. The first-order valence-electron chi connectivity index (χ1n) is 1.67. The molecule has 0 aromatic heterocycles. The molecular weight excluding hydrogens is 190 g/mol. The molecule has 0 aliphatic rings. The van der Waals surface area contributed by atoms with Gasteiger partial charge in [0.2, 0.25) is 0 Å². The topological polar surface area (TPSA) is 80.3 Å². The van der Waals surface area contributed by atoms with E-state index in [-0.39, 0.29) is 103 Å². The van der Waals surface area contributed by atoms with E-state index in [0.29, 0.717) is 0 Å². The second-order valence-corrected chi connectivity index (χ2v) is 1.05. The van der Waals surface area contributed by atoms with Crippen molar-refractivity contribution in [3.8, 4) is 0 Å². The molecular formula is C4H2K2O4. The van der Waals surface area contributed by atoms with Gasteiger partial charge in [-0.2, -0.15) is 0 Å². The third kappa shape index (κ3) is 8.05. The summed E-state index contributed by atoms with van der Waals surface area (Å²) in [5.41, 5.74) is -1.04. The molecule has 0 atom stereocenters. The Labute approximate surface area is 143 Å². The van der Waals surface area contributed by atoms with E-state index in [1.54, 1.807) is 0 Å². The Morgan fingerprint density at radius 2 is 1.20 bits per heavy atom. The van der Waals surface area contributed by atoms with Crippen LogP contribution >= 0.6 is 0 Å². The van der Waals surface area contributed by atoms with Gasteiger partial charge in [-0.05, 0) is 0 Å². The van der Waals surface area contributed by atoms with E-state index in [9.17, 15) is 19.8 Å². The summed E-state index contributed by atoms with van der Waals surface area (Å²) in [6.45, 7) is 2.63. The first kappa shape index (κ1) is 17.9. The number of carboxylic acids is 2. The zero-order valence-corrected chi connectivity index (χ0v) is 12.1. The van der Waals surface area contributed by atoms with Gasteiger partial charge in [0.15, 0.2) is 0 Å². The van der Waals surface area contributed by atoms with Crippen LogP contribution in [0, 0.1) is 0 Å². The van der Waals surface area contributed by atoms with Crippen LogP contribution in [-0.2, 0) is 9.59 Å². The molecule has 0 saturated heterocycles. The van der Waals surface area contributed by atoms with Gasteiger partial charge in [0.1, 0.15) is 0 Å². The number of rotatable bonds is 2. The molecule has 0 rings (SSSR count). The maximum atomic E-state index is 9.51. The Morgan fingerprint density at radius 1 is 1.00 bits per heavy atom. The summed E-state index contributed by atoms with van der Waals surface area (Å²) >= 11 is 0. The molecule has 0 aliphatic carbocycles. The summed E-state index contributed by atoms with van der Waals surface area (Å²) in [6, 6.07) is 0. The predicted molar refractivity (Wildman–Crippen MR) is 19.2 cm³/mol. The molecule has 0 heterocycles. The molecule has 0 radical (unpaired) electrons. The molecule has 0 spiro atoms. The number of carbonyl (C=O) groups excluding carboxylic acids is 2. The van der Waals surface area contributed by atoms with Crippen molar-refractivity contribution >= 4 is 11.9 Å². The van der Waals surface area contributed by atoms with E-state index >= 15 is 0 Å². The standard InChI is InChI=1S/C4H4O4.2K/c1-2(3(5)6)4(7)8;;/h1H2,(H,5,6)(H,7,8);;/q;2*+1/p-2. The van der Waals surface area contributed by atoms with Crippen LogP contribution < -0.4 is 113 Å². The molecule has 0 aromatic carbocycles. The van der Waals surface area contributed by atoms with Crippen molar-refractivity contribution in [1.82, 2.24) is 0 Å². The number of hydrogen-bond acceptors (Lipinski definition) is 4. The minimum absolute atomic E-state index is 0. The van der Waals surface area contributed by atoms with Gasteiger partial charge in [-0.1, -0.05) is 6.58 Å². The van der Waals surface area contributed by atoms with Gasteiger partial charge in [0, 0.05) is 5.57 Å². The maximum absolute atomic E-state index is 9.51. The summed E-state index contributed by atoms with van der Waals surface area (Å²) in [5, 5.41) is 19.0. The van der Waals surface area contributed by atoms with E-state index in [4.69, 9.17) is 0 Å². The van der Waals surface area contributed by atoms with Crippen molar-refractivity contribution in [3.63, 3.8) is 0 Å². The Kier molecular flexibility index (Phi) is 16.2.